The molecule has 0 bridgehead atoms. The molecular formula is C30H29N5. The SMILES string of the molecule is C=C1C=C(c2cccc(C)n2)c2cc(C(C)c3ccc(C#N)cc3)ccc2N1C.Cn1ccnc1. The number of hydrogen-bond acceptors (Lipinski definition) is 4. The van der Waals surface area contributed by atoms with E-state index in [9.17, 15) is 0 Å². The van der Waals surface area contributed by atoms with Gasteiger partial charge in [0.2, 0.25) is 0 Å². The van der Waals surface area contributed by atoms with Crippen LogP contribution in [0.2, 0.25) is 0 Å². The molecule has 35 heavy (non-hydrogen) atoms. The van der Waals surface area contributed by atoms with E-state index in [0.29, 0.717) is 5.56 Å². The van der Waals surface area contributed by atoms with Gasteiger partial charge in [0.25, 0.3) is 0 Å². The van der Waals surface area contributed by atoms with Gasteiger partial charge in [-0.2, -0.15) is 5.26 Å². The topological polar surface area (TPSA) is 57.7 Å². The lowest BCUT2D eigenvalue weighted by Crippen LogP contribution is -2.20. The molecule has 5 heteroatoms. The molecule has 2 aromatic carbocycles. The van der Waals surface area contributed by atoms with Crippen LogP contribution in [0.15, 0.2) is 97.7 Å². The third-order valence-corrected chi connectivity index (χ3v) is 6.25. The highest BCUT2D eigenvalue weighted by Crippen LogP contribution is 2.39. The summed E-state index contributed by atoms with van der Waals surface area (Å²) in [5, 5.41) is 9.05. The Morgan fingerprint density at radius 1 is 1.00 bits per heavy atom. The fraction of sp³-hybridized carbons (Fsp3) is 0.167. The monoisotopic (exact) mass is 459 g/mol. The molecule has 0 radical (unpaired) electrons. The number of aromatic nitrogens is 3. The number of imidazole rings is 1. The highest BCUT2D eigenvalue weighted by atomic mass is 15.1. The maximum Gasteiger partial charge on any atom is 0.0991 e. The van der Waals surface area contributed by atoms with E-state index < -0.39 is 0 Å². The Bertz CT molecular complexity index is 1410. The Labute approximate surface area is 207 Å². The van der Waals surface area contributed by atoms with Gasteiger partial charge in [-0.25, -0.2) is 4.98 Å². The predicted molar refractivity (Wildman–Crippen MR) is 142 cm³/mol. The molecule has 1 aliphatic rings. The second kappa shape index (κ2) is 10.2. The van der Waals surface area contributed by atoms with Crippen molar-refractivity contribution >= 4 is 11.3 Å². The number of nitrogens with zero attached hydrogens (tertiary/aromatic N) is 5. The normalized spacial score (nSPS) is 13.2. The van der Waals surface area contributed by atoms with E-state index in [4.69, 9.17) is 10.2 Å². The minimum Gasteiger partial charge on any atom is -0.345 e. The molecule has 0 N–H and O–H groups in total. The zero-order chi connectivity index (χ0) is 24.9. The molecule has 4 aromatic rings. The van der Waals surface area contributed by atoms with Gasteiger partial charge in [0.15, 0.2) is 0 Å². The molecule has 0 spiro atoms. The summed E-state index contributed by atoms with van der Waals surface area (Å²) < 4.78 is 1.89. The lowest BCUT2D eigenvalue weighted by Gasteiger charge is -2.30. The second-order valence-electron chi connectivity index (χ2n) is 8.73. The summed E-state index contributed by atoms with van der Waals surface area (Å²) in [5.41, 5.74) is 9.40. The van der Waals surface area contributed by atoms with Crippen molar-refractivity contribution in [1.29, 1.82) is 5.26 Å². The van der Waals surface area contributed by atoms with E-state index in [-0.39, 0.29) is 5.92 Å². The molecule has 1 unspecified atom stereocenters. The van der Waals surface area contributed by atoms with Gasteiger partial charge in [-0.15, -0.1) is 0 Å². The van der Waals surface area contributed by atoms with Gasteiger partial charge in [-0.3, -0.25) is 4.98 Å². The van der Waals surface area contributed by atoms with Crippen LogP contribution in [-0.2, 0) is 7.05 Å². The van der Waals surface area contributed by atoms with E-state index in [1.165, 1.54) is 11.1 Å². The molecule has 5 nitrogen and oxygen atoms in total. The fourth-order valence-corrected chi connectivity index (χ4v) is 4.10. The zero-order valence-electron chi connectivity index (χ0n) is 20.6. The van der Waals surface area contributed by atoms with Crippen LogP contribution in [0.3, 0.4) is 0 Å². The van der Waals surface area contributed by atoms with Crippen molar-refractivity contribution in [3.63, 3.8) is 0 Å². The van der Waals surface area contributed by atoms with E-state index >= 15 is 0 Å². The Balaban J connectivity index is 0.000000421. The van der Waals surface area contributed by atoms with Gasteiger partial charge >= 0.3 is 0 Å². The first-order valence-corrected chi connectivity index (χ1v) is 11.5. The number of fused-ring (bicyclic) bond motifs is 1. The molecule has 3 heterocycles. The quantitative estimate of drug-likeness (QED) is 0.364. The summed E-state index contributed by atoms with van der Waals surface area (Å²) >= 11 is 0. The largest absolute Gasteiger partial charge is 0.345 e. The summed E-state index contributed by atoms with van der Waals surface area (Å²) in [6, 6.07) is 22.7. The second-order valence-corrected chi connectivity index (χ2v) is 8.73. The van der Waals surface area contributed by atoms with E-state index in [1.54, 1.807) is 12.5 Å². The van der Waals surface area contributed by atoms with Crippen LogP contribution in [0.4, 0.5) is 5.69 Å². The first kappa shape index (κ1) is 23.7. The molecule has 1 atom stereocenters. The number of benzene rings is 2. The van der Waals surface area contributed by atoms with Crippen molar-refractivity contribution in [3.05, 3.63) is 131 Å². The van der Waals surface area contributed by atoms with Crippen LogP contribution in [0.5, 0.6) is 0 Å². The zero-order valence-corrected chi connectivity index (χ0v) is 20.6. The summed E-state index contributed by atoms with van der Waals surface area (Å²) in [6.07, 6.45) is 7.50. The van der Waals surface area contributed by atoms with E-state index in [1.807, 2.05) is 68.2 Å². The molecule has 1 aliphatic heterocycles. The number of allylic oxidation sites excluding steroid dienone is 1. The lowest BCUT2D eigenvalue weighted by molar-refractivity contribution is 0.913. The van der Waals surface area contributed by atoms with E-state index in [0.717, 1.165) is 33.9 Å². The summed E-state index contributed by atoms with van der Waals surface area (Å²) in [5.74, 6) is 0.218. The minimum absolute atomic E-state index is 0.218. The number of pyridine rings is 1. The maximum atomic E-state index is 9.05. The van der Waals surface area contributed by atoms with Crippen molar-refractivity contribution in [2.45, 2.75) is 19.8 Å². The smallest absolute Gasteiger partial charge is 0.0991 e. The predicted octanol–water partition coefficient (Wildman–Crippen LogP) is 6.23. The van der Waals surface area contributed by atoms with Crippen LogP contribution in [-0.4, -0.2) is 21.6 Å². The molecule has 174 valence electrons. The first-order valence-electron chi connectivity index (χ1n) is 11.5. The lowest BCUT2D eigenvalue weighted by atomic mass is 9.87. The van der Waals surface area contributed by atoms with Crippen LogP contribution in [0, 0.1) is 18.3 Å². The standard InChI is InChI=1S/C26H23N3.C4H6N2/c1-17-6-5-7-25(28-17)23-14-18(2)29(4)26-13-12-22(15-24(23)26)19(3)21-10-8-20(16-27)9-11-21;1-6-3-2-5-4-6/h5-15,19H,2H2,1,3-4H3;2-4H,1H3. The molecule has 0 saturated carbocycles. The molecular weight excluding hydrogens is 430 g/mol. The Morgan fingerprint density at radius 3 is 2.34 bits per heavy atom. The number of anilines is 1. The van der Waals surface area contributed by atoms with Crippen LogP contribution in [0.1, 0.15) is 46.5 Å². The number of rotatable bonds is 3. The average Bonchev–Trinajstić information content (AvgIpc) is 3.36. The van der Waals surface area contributed by atoms with Gasteiger partial charge < -0.3 is 9.47 Å². The minimum atomic E-state index is 0.218. The Morgan fingerprint density at radius 2 is 1.74 bits per heavy atom. The first-order chi connectivity index (χ1) is 16.9. The van der Waals surface area contributed by atoms with Gasteiger partial charge in [0, 0.05) is 60.6 Å². The van der Waals surface area contributed by atoms with Gasteiger partial charge in [0.05, 0.1) is 23.7 Å². The van der Waals surface area contributed by atoms with Crippen molar-refractivity contribution in [2.24, 2.45) is 7.05 Å². The fourth-order valence-electron chi connectivity index (χ4n) is 4.10. The van der Waals surface area contributed by atoms with Crippen molar-refractivity contribution in [2.75, 3.05) is 11.9 Å². The van der Waals surface area contributed by atoms with Crippen LogP contribution in [0.25, 0.3) is 5.57 Å². The third kappa shape index (κ3) is 5.23. The number of aryl methyl sites for hydroxylation is 2. The Hall–Kier alpha value is -4.43. The maximum absolute atomic E-state index is 9.05. The van der Waals surface area contributed by atoms with Crippen LogP contribution < -0.4 is 4.90 Å². The highest BCUT2D eigenvalue weighted by Gasteiger charge is 2.22. The molecule has 2 aromatic heterocycles. The summed E-state index contributed by atoms with van der Waals surface area (Å²) in [6.45, 7) is 8.42. The summed E-state index contributed by atoms with van der Waals surface area (Å²) in [7, 11) is 3.98. The molecule has 0 aliphatic carbocycles. The van der Waals surface area contributed by atoms with Gasteiger partial charge in [0.1, 0.15) is 0 Å². The molecule has 5 rings (SSSR count). The van der Waals surface area contributed by atoms with Crippen molar-refractivity contribution in [3.8, 4) is 6.07 Å². The van der Waals surface area contributed by atoms with Crippen molar-refractivity contribution < 1.29 is 0 Å². The number of nitriles is 1. The number of hydrogen-bond donors (Lipinski definition) is 0. The third-order valence-electron chi connectivity index (χ3n) is 6.25. The molecule has 0 fully saturated rings. The van der Waals surface area contributed by atoms with Gasteiger partial charge in [-0.1, -0.05) is 37.8 Å². The Kier molecular flexibility index (Phi) is 6.93. The molecule has 0 amide bonds. The summed E-state index contributed by atoms with van der Waals surface area (Å²) in [4.78, 5) is 10.6. The average molecular weight is 460 g/mol. The number of likely N-dealkylation sites (N-methyl/N-ethyl adjacent to an activating group) is 1. The van der Waals surface area contributed by atoms with Crippen LogP contribution >= 0.6 is 0 Å². The van der Waals surface area contributed by atoms with Gasteiger partial charge in [-0.05, 0) is 60.5 Å². The highest BCUT2D eigenvalue weighted by molar-refractivity contribution is 5.91. The molecule has 0 saturated heterocycles. The van der Waals surface area contributed by atoms with Crippen molar-refractivity contribution in [1.82, 2.24) is 14.5 Å². The van der Waals surface area contributed by atoms with E-state index in [2.05, 4.69) is 59.8 Å².